The quantitative estimate of drug-likeness (QED) is 0.722. The van der Waals surface area contributed by atoms with Crippen molar-refractivity contribution >= 4 is 21.8 Å². The number of halogens is 1. The SMILES string of the molecule is CC(C)C1CC(=O)N(CC2(CBr)CC2)C1. The predicted molar refractivity (Wildman–Crippen MR) is 65.0 cm³/mol. The molecule has 1 atom stereocenters. The highest BCUT2D eigenvalue weighted by Crippen LogP contribution is 2.48. The first kappa shape index (κ1) is 11.4. The zero-order chi connectivity index (χ0) is 11.1. The first-order chi connectivity index (χ1) is 7.06. The largest absolute Gasteiger partial charge is 0.342 e. The molecule has 1 aliphatic carbocycles. The van der Waals surface area contributed by atoms with Crippen LogP contribution in [0.15, 0.2) is 0 Å². The molecule has 0 aromatic heterocycles. The van der Waals surface area contributed by atoms with Crippen molar-refractivity contribution in [3.8, 4) is 0 Å². The molecule has 1 heterocycles. The Hall–Kier alpha value is -0.0500. The van der Waals surface area contributed by atoms with E-state index < -0.39 is 0 Å². The molecule has 0 bridgehead atoms. The van der Waals surface area contributed by atoms with Crippen molar-refractivity contribution in [1.82, 2.24) is 4.90 Å². The molecule has 2 nitrogen and oxygen atoms in total. The smallest absolute Gasteiger partial charge is 0.222 e. The average molecular weight is 274 g/mol. The minimum atomic E-state index is 0.376. The molecule has 2 fully saturated rings. The van der Waals surface area contributed by atoms with Crippen molar-refractivity contribution in [3.05, 3.63) is 0 Å². The van der Waals surface area contributed by atoms with E-state index in [1.54, 1.807) is 0 Å². The van der Waals surface area contributed by atoms with Crippen molar-refractivity contribution in [2.45, 2.75) is 33.1 Å². The van der Waals surface area contributed by atoms with Crippen molar-refractivity contribution in [2.75, 3.05) is 18.4 Å². The van der Waals surface area contributed by atoms with Gasteiger partial charge in [-0.2, -0.15) is 0 Å². The van der Waals surface area contributed by atoms with Crippen LogP contribution in [0, 0.1) is 17.3 Å². The molecule has 2 aliphatic rings. The summed E-state index contributed by atoms with van der Waals surface area (Å²) < 4.78 is 0. The lowest BCUT2D eigenvalue weighted by Crippen LogP contribution is -2.32. The minimum absolute atomic E-state index is 0.376. The second kappa shape index (κ2) is 4.08. The molecule has 1 amide bonds. The van der Waals surface area contributed by atoms with Crippen LogP contribution in [0.1, 0.15) is 33.1 Å². The van der Waals surface area contributed by atoms with Crippen LogP contribution in [0.4, 0.5) is 0 Å². The van der Waals surface area contributed by atoms with Crippen molar-refractivity contribution < 1.29 is 4.79 Å². The van der Waals surface area contributed by atoms with Gasteiger partial charge >= 0.3 is 0 Å². The summed E-state index contributed by atoms with van der Waals surface area (Å²) in [5.41, 5.74) is 0.432. The first-order valence-corrected chi connectivity index (χ1v) is 7.02. The monoisotopic (exact) mass is 273 g/mol. The number of amides is 1. The zero-order valence-corrected chi connectivity index (χ0v) is 11.2. The molecule has 0 radical (unpaired) electrons. The molecule has 1 unspecified atom stereocenters. The third-order valence-corrected chi connectivity index (χ3v) is 5.14. The molecule has 0 spiro atoms. The van der Waals surface area contributed by atoms with Crippen LogP contribution in [0.2, 0.25) is 0 Å². The predicted octanol–water partition coefficient (Wildman–Crippen LogP) is 2.67. The van der Waals surface area contributed by atoms with Crippen LogP contribution in [0.25, 0.3) is 0 Å². The van der Waals surface area contributed by atoms with E-state index >= 15 is 0 Å². The van der Waals surface area contributed by atoms with E-state index in [1.807, 2.05) is 0 Å². The lowest BCUT2D eigenvalue weighted by Gasteiger charge is -2.22. The Bertz CT molecular complexity index is 260. The van der Waals surface area contributed by atoms with E-state index in [0.717, 1.165) is 24.8 Å². The Morgan fingerprint density at radius 1 is 1.53 bits per heavy atom. The van der Waals surface area contributed by atoms with Gasteiger partial charge in [-0.1, -0.05) is 29.8 Å². The fourth-order valence-corrected chi connectivity index (χ4v) is 3.06. The molecule has 1 saturated heterocycles. The van der Waals surface area contributed by atoms with Gasteiger partial charge in [0.2, 0.25) is 5.91 Å². The minimum Gasteiger partial charge on any atom is -0.342 e. The van der Waals surface area contributed by atoms with E-state index in [4.69, 9.17) is 0 Å². The molecular formula is C12H20BrNO. The van der Waals surface area contributed by atoms with Crippen molar-refractivity contribution in [1.29, 1.82) is 0 Å². The summed E-state index contributed by atoms with van der Waals surface area (Å²) in [6.45, 7) is 6.42. The van der Waals surface area contributed by atoms with E-state index in [1.165, 1.54) is 12.8 Å². The van der Waals surface area contributed by atoms with Gasteiger partial charge in [0.25, 0.3) is 0 Å². The second-order valence-electron chi connectivity index (χ2n) is 5.62. The molecular weight excluding hydrogens is 254 g/mol. The number of carbonyl (C=O) groups excluding carboxylic acids is 1. The normalized spacial score (nSPS) is 28.9. The Morgan fingerprint density at radius 2 is 2.20 bits per heavy atom. The Labute approximate surface area is 101 Å². The number of likely N-dealkylation sites (tertiary alicyclic amines) is 1. The maximum Gasteiger partial charge on any atom is 0.222 e. The first-order valence-electron chi connectivity index (χ1n) is 5.90. The van der Waals surface area contributed by atoms with Gasteiger partial charge in [-0.15, -0.1) is 0 Å². The van der Waals surface area contributed by atoms with E-state index in [2.05, 4.69) is 34.7 Å². The van der Waals surface area contributed by atoms with E-state index in [-0.39, 0.29) is 0 Å². The van der Waals surface area contributed by atoms with Crippen LogP contribution in [-0.2, 0) is 4.79 Å². The Balaban J connectivity index is 1.91. The highest BCUT2D eigenvalue weighted by Gasteiger charge is 2.45. The van der Waals surface area contributed by atoms with Gasteiger partial charge in [-0.3, -0.25) is 4.79 Å². The van der Waals surface area contributed by atoms with Gasteiger partial charge in [0.15, 0.2) is 0 Å². The summed E-state index contributed by atoms with van der Waals surface area (Å²) >= 11 is 3.57. The standard InChI is InChI=1S/C12H20BrNO/c1-9(2)10-5-11(15)14(6-10)8-12(7-13)3-4-12/h9-10H,3-8H2,1-2H3. The Kier molecular flexibility index (Phi) is 3.11. The fraction of sp³-hybridized carbons (Fsp3) is 0.917. The highest BCUT2D eigenvalue weighted by atomic mass is 79.9. The fourth-order valence-electron chi connectivity index (χ4n) is 2.32. The lowest BCUT2D eigenvalue weighted by atomic mass is 9.95. The van der Waals surface area contributed by atoms with E-state index in [9.17, 15) is 4.79 Å². The average Bonchev–Trinajstić information content (AvgIpc) is 2.87. The third kappa shape index (κ3) is 2.38. The van der Waals surface area contributed by atoms with Crippen molar-refractivity contribution in [3.63, 3.8) is 0 Å². The van der Waals surface area contributed by atoms with Gasteiger partial charge in [0.1, 0.15) is 0 Å². The molecule has 0 aromatic carbocycles. The topological polar surface area (TPSA) is 20.3 Å². The lowest BCUT2D eigenvalue weighted by molar-refractivity contribution is -0.128. The summed E-state index contributed by atoms with van der Waals surface area (Å²) in [5.74, 6) is 1.60. The van der Waals surface area contributed by atoms with Crippen LogP contribution < -0.4 is 0 Å². The number of nitrogens with zero attached hydrogens (tertiary/aromatic N) is 1. The van der Waals surface area contributed by atoms with Gasteiger partial charge in [0.05, 0.1) is 0 Å². The number of hydrogen-bond acceptors (Lipinski definition) is 1. The number of alkyl halides is 1. The molecule has 0 N–H and O–H groups in total. The van der Waals surface area contributed by atoms with Gasteiger partial charge in [-0.05, 0) is 30.1 Å². The number of carbonyl (C=O) groups is 1. The second-order valence-corrected chi connectivity index (χ2v) is 6.18. The molecule has 2 rings (SSSR count). The van der Waals surface area contributed by atoms with Crippen LogP contribution >= 0.6 is 15.9 Å². The molecule has 1 aliphatic heterocycles. The maximum absolute atomic E-state index is 11.8. The van der Waals surface area contributed by atoms with Gasteiger partial charge in [0, 0.05) is 24.8 Å². The molecule has 0 aromatic rings. The molecule has 1 saturated carbocycles. The van der Waals surface area contributed by atoms with Crippen molar-refractivity contribution in [2.24, 2.45) is 17.3 Å². The summed E-state index contributed by atoms with van der Waals surface area (Å²) in [6, 6.07) is 0. The third-order valence-electron chi connectivity index (χ3n) is 3.95. The number of rotatable bonds is 4. The summed E-state index contributed by atoms with van der Waals surface area (Å²) in [6.07, 6.45) is 3.35. The van der Waals surface area contributed by atoms with Gasteiger partial charge in [-0.25, -0.2) is 0 Å². The van der Waals surface area contributed by atoms with Crippen LogP contribution in [0.3, 0.4) is 0 Å². The zero-order valence-electron chi connectivity index (χ0n) is 9.63. The molecule has 15 heavy (non-hydrogen) atoms. The highest BCUT2D eigenvalue weighted by molar-refractivity contribution is 9.09. The summed E-state index contributed by atoms with van der Waals surface area (Å²) in [5, 5.41) is 1.05. The summed E-state index contributed by atoms with van der Waals surface area (Å²) in [4.78, 5) is 13.9. The number of hydrogen-bond donors (Lipinski definition) is 0. The van der Waals surface area contributed by atoms with Gasteiger partial charge < -0.3 is 4.90 Å². The van der Waals surface area contributed by atoms with Crippen LogP contribution in [-0.4, -0.2) is 29.2 Å². The maximum atomic E-state index is 11.8. The molecule has 3 heteroatoms. The van der Waals surface area contributed by atoms with Crippen LogP contribution in [0.5, 0.6) is 0 Å². The molecule has 86 valence electrons. The van der Waals surface area contributed by atoms with E-state index in [0.29, 0.717) is 23.2 Å². The Morgan fingerprint density at radius 3 is 2.60 bits per heavy atom. The summed E-state index contributed by atoms with van der Waals surface area (Å²) in [7, 11) is 0.